The first-order chi connectivity index (χ1) is 13.7. The molecular weight excluding hydrogens is 370 g/mol. The normalized spacial score (nSPS) is 10.9. The molecule has 0 atom stereocenters. The quantitative estimate of drug-likeness (QED) is 0.513. The van der Waals surface area contributed by atoms with Crippen LogP contribution in [-0.2, 0) is 13.0 Å². The number of aryl methyl sites for hydroxylation is 1. The van der Waals surface area contributed by atoms with Crippen molar-refractivity contribution in [3.8, 4) is 11.1 Å². The Labute approximate surface area is 168 Å². The number of amides is 1. The second-order valence-electron chi connectivity index (χ2n) is 6.58. The molecule has 0 saturated carbocycles. The van der Waals surface area contributed by atoms with Crippen LogP contribution in [0, 0.1) is 0 Å². The van der Waals surface area contributed by atoms with E-state index in [4.69, 9.17) is 11.6 Å². The zero-order chi connectivity index (χ0) is 19.5. The molecule has 1 amide bonds. The van der Waals surface area contributed by atoms with E-state index in [1.807, 2.05) is 37.3 Å². The van der Waals surface area contributed by atoms with E-state index in [0.717, 1.165) is 16.8 Å². The highest BCUT2D eigenvalue weighted by Crippen LogP contribution is 2.20. The molecule has 0 aliphatic carbocycles. The fourth-order valence-electron chi connectivity index (χ4n) is 3.27. The summed E-state index contributed by atoms with van der Waals surface area (Å²) >= 11 is 6.05. The van der Waals surface area contributed by atoms with Crippen LogP contribution < -0.4 is 5.32 Å². The third kappa shape index (κ3) is 3.64. The molecule has 2 heterocycles. The van der Waals surface area contributed by atoms with E-state index >= 15 is 0 Å². The van der Waals surface area contributed by atoms with Crippen molar-refractivity contribution in [2.24, 2.45) is 0 Å². The summed E-state index contributed by atoms with van der Waals surface area (Å²) in [5.41, 5.74) is 5.39. The fraction of sp³-hybridized carbons (Fsp3) is 0.130. The van der Waals surface area contributed by atoms with Gasteiger partial charge < -0.3 is 5.32 Å². The summed E-state index contributed by atoms with van der Waals surface area (Å²) in [6.45, 7) is 2.44. The minimum absolute atomic E-state index is 0.140. The lowest BCUT2D eigenvalue weighted by Crippen LogP contribution is -2.25. The van der Waals surface area contributed by atoms with Crippen molar-refractivity contribution >= 4 is 23.2 Å². The van der Waals surface area contributed by atoms with Gasteiger partial charge in [-0.3, -0.25) is 9.20 Å². The van der Waals surface area contributed by atoms with Crippen molar-refractivity contribution < 1.29 is 4.79 Å². The number of benzene rings is 2. The van der Waals surface area contributed by atoms with Gasteiger partial charge in [0, 0.05) is 23.8 Å². The van der Waals surface area contributed by atoms with Crippen molar-refractivity contribution in [2.45, 2.75) is 19.9 Å². The monoisotopic (exact) mass is 389 g/mol. The van der Waals surface area contributed by atoms with Gasteiger partial charge >= 0.3 is 0 Å². The van der Waals surface area contributed by atoms with E-state index in [0.29, 0.717) is 29.3 Å². The lowest BCUT2D eigenvalue weighted by molar-refractivity contribution is 0.0944. The molecular formula is C23H20ClN3O. The van der Waals surface area contributed by atoms with Crippen molar-refractivity contribution in [2.75, 3.05) is 0 Å². The minimum atomic E-state index is -0.140. The molecule has 4 rings (SSSR count). The van der Waals surface area contributed by atoms with Crippen LogP contribution in [0.2, 0.25) is 5.02 Å². The van der Waals surface area contributed by atoms with Crippen LogP contribution in [0.5, 0.6) is 0 Å². The number of rotatable bonds is 5. The summed E-state index contributed by atoms with van der Waals surface area (Å²) in [7, 11) is 0. The lowest BCUT2D eigenvalue weighted by atomic mass is 10.0. The molecule has 2 aromatic heterocycles. The first-order valence-electron chi connectivity index (χ1n) is 9.24. The molecule has 140 valence electrons. The Kier molecular flexibility index (Phi) is 5.13. The predicted octanol–water partition coefficient (Wildman–Crippen LogP) is 5.15. The average molecular weight is 390 g/mol. The third-order valence-electron chi connectivity index (χ3n) is 4.72. The molecule has 0 bridgehead atoms. The molecule has 0 aliphatic rings. The fourth-order valence-corrected chi connectivity index (χ4v) is 3.42. The van der Waals surface area contributed by atoms with Gasteiger partial charge in [0.25, 0.3) is 5.91 Å². The second-order valence-corrected chi connectivity index (χ2v) is 7.02. The van der Waals surface area contributed by atoms with Gasteiger partial charge in [0.15, 0.2) is 0 Å². The maximum absolute atomic E-state index is 12.8. The van der Waals surface area contributed by atoms with E-state index in [1.54, 1.807) is 22.7 Å². The van der Waals surface area contributed by atoms with Gasteiger partial charge in [-0.05, 0) is 29.2 Å². The smallest absolute Gasteiger partial charge is 0.270 e. The molecule has 0 aliphatic heterocycles. The van der Waals surface area contributed by atoms with E-state index in [-0.39, 0.29) is 5.91 Å². The highest BCUT2D eigenvalue weighted by molar-refractivity contribution is 6.30. The van der Waals surface area contributed by atoms with Crippen molar-refractivity contribution in [3.63, 3.8) is 0 Å². The van der Waals surface area contributed by atoms with Gasteiger partial charge in [0.2, 0.25) is 0 Å². The molecule has 4 nitrogen and oxygen atoms in total. The molecule has 28 heavy (non-hydrogen) atoms. The summed E-state index contributed by atoms with van der Waals surface area (Å²) in [6, 6.07) is 22.0. The minimum Gasteiger partial charge on any atom is -0.347 e. The van der Waals surface area contributed by atoms with Crippen LogP contribution in [0.15, 0.2) is 72.9 Å². The van der Waals surface area contributed by atoms with Crippen LogP contribution in [0.1, 0.15) is 28.7 Å². The van der Waals surface area contributed by atoms with Gasteiger partial charge in [-0.25, -0.2) is 4.98 Å². The number of carbonyl (C=O) groups excluding carboxylic acids is 1. The second kappa shape index (κ2) is 7.87. The number of aromatic nitrogens is 2. The van der Waals surface area contributed by atoms with Gasteiger partial charge in [-0.1, -0.05) is 73.1 Å². The van der Waals surface area contributed by atoms with Gasteiger partial charge in [-0.2, -0.15) is 0 Å². The summed E-state index contributed by atoms with van der Waals surface area (Å²) in [5, 5.41) is 3.61. The molecule has 0 unspecified atom stereocenters. The molecule has 0 fully saturated rings. The van der Waals surface area contributed by atoms with E-state index < -0.39 is 0 Å². The molecule has 0 spiro atoms. The summed E-state index contributed by atoms with van der Waals surface area (Å²) < 4.78 is 1.79. The van der Waals surface area contributed by atoms with Crippen LogP contribution in [0.25, 0.3) is 16.8 Å². The number of hydrogen-bond acceptors (Lipinski definition) is 2. The van der Waals surface area contributed by atoms with E-state index in [1.165, 1.54) is 5.56 Å². The first-order valence-corrected chi connectivity index (χ1v) is 9.62. The number of nitrogens with one attached hydrogen (secondary N) is 1. The van der Waals surface area contributed by atoms with Crippen molar-refractivity contribution in [1.29, 1.82) is 0 Å². The number of pyridine rings is 1. The number of nitrogens with zero attached hydrogens (tertiary/aromatic N) is 2. The molecule has 5 heteroatoms. The summed E-state index contributed by atoms with van der Waals surface area (Å²) in [4.78, 5) is 17.4. The van der Waals surface area contributed by atoms with Gasteiger partial charge in [0.1, 0.15) is 11.3 Å². The maximum atomic E-state index is 12.8. The Bertz CT molecular complexity index is 1120. The van der Waals surface area contributed by atoms with Crippen molar-refractivity contribution in [1.82, 2.24) is 14.7 Å². The van der Waals surface area contributed by atoms with Gasteiger partial charge in [0.05, 0.1) is 5.69 Å². The number of hydrogen-bond donors (Lipinski definition) is 1. The Hall–Kier alpha value is -3.11. The zero-order valence-electron chi connectivity index (χ0n) is 15.5. The Morgan fingerprint density at radius 3 is 2.46 bits per heavy atom. The number of halogens is 1. The molecule has 4 aromatic rings. The summed E-state index contributed by atoms with van der Waals surface area (Å²) in [5.74, 6) is -0.140. The highest BCUT2D eigenvalue weighted by Gasteiger charge is 2.18. The predicted molar refractivity (Wildman–Crippen MR) is 113 cm³/mol. The summed E-state index contributed by atoms with van der Waals surface area (Å²) in [6.07, 6.45) is 2.46. The zero-order valence-corrected chi connectivity index (χ0v) is 16.3. The van der Waals surface area contributed by atoms with E-state index in [9.17, 15) is 4.79 Å². The van der Waals surface area contributed by atoms with Gasteiger partial charge in [-0.15, -0.1) is 0 Å². The lowest BCUT2D eigenvalue weighted by Gasteiger charge is -2.08. The van der Waals surface area contributed by atoms with Crippen LogP contribution >= 0.6 is 11.6 Å². The van der Waals surface area contributed by atoms with Crippen LogP contribution in [0.4, 0.5) is 0 Å². The molecule has 0 saturated heterocycles. The number of fused-ring (bicyclic) bond motifs is 1. The Morgan fingerprint density at radius 1 is 1.04 bits per heavy atom. The largest absolute Gasteiger partial charge is 0.347 e. The van der Waals surface area contributed by atoms with Crippen molar-refractivity contribution in [3.05, 3.63) is 94.9 Å². The van der Waals surface area contributed by atoms with E-state index in [2.05, 4.69) is 34.6 Å². The third-order valence-corrected chi connectivity index (χ3v) is 4.96. The maximum Gasteiger partial charge on any atom is 0.270 e. The first kappa shape index (κ1) is 18.3. The van der Waals surface area contributed by atoms with Crippen LogP contribution in [0.3, 0.4) is 0 Å². The standard InChI is InChI=1S/C23H20ClN3O/c1-2-20-22(27-13-12-19(24)14-21(27)26-20)23(28)25-15-16-8-10-18(11-9-16)17-6-4-3-5-7-17/h3-14H,2,15H2,1H3,(H,25,28). The molecule has 1 N–H and O–H groups in total. The molecule has 2 aromatic carbocycles. The van der Waals surface area contributed by atoms with Crippen LogP contribution in [-0.4, -0.2) is 15.3 Å². The average Bonchev–Trinajstić information content (AvgIpc) is 3.10. The number of carbonyl (C=O) groups is 1. The SMILES string of the molecule is CCc1nc2cc(Cl)ccn2c1C(=O)NCc1ccc(-c2ccccc2)cc1. The Morgan fingerprint density at radius 2 is 1.75 bits per heavy atom. The Balaban J connectivity index is 1.51. The molecule has 0 radical (unpaired) electrons. The highest BCUT2D eigenvalue weighted by atomic mass is 35.5. The number of imidazole rings is 1. The topological polar surface area (TPSA) is 46.4 Å².